The first-order valence-corrected chi connectivity index (χ1v) is 20.6. The first-order valence-electron chi connectivity index (χ1n) is 18.4. The molecule has 0 saturated carbocycles. The fourth-order valence-corrected chi connectivity index (χ4v) is 9.30. The maximum Gasteiger partial charge on any atom is 0.335 e. The average Bonchev–Trinajstić information content (AvgIpc) is 3.93. The molecule has 2 aromatic heterocycles. The van der Waals surface area contributed by atoms with Gasteiger partial charge in [0.1, 0.15) is 41.5 Å². The van der Waals surface area contributed by atoms with Gasteiger partial charge in [0.25, 0.3) is 0 Å². The molecule has 4 heterocycles. The number of amides is 1. The normalized spacial score (nSPS) is 17.7. The maximum atomic E-state index is 14.0. The van der Waals surface area contributed by atoms with Gasteiger partial charge in [-0.25, -0.2) is 32.7 Å². The van der Waals surface area contributed by atoms with Crippen LogP contribution >= 0.6 is 23.2 Å². The highest BCUT2D eigenvalue weighted by Crippen LogP contribution is 2.37. The van der Waals surface area contributed by atoms with E-state index in [-0.39, 0.29) is 40.6 Å². The molecule has 2 aliphatic heterocycles. The number of para-hydroxylation sites is 1. The lowest BCUT2D eigenvalue weighted by atomic mass is 9.96. The van der Waals surface area contributed by atoms with E-state index in [4.69, 9.17) is 58.5 Å². The van der Waals surface area contributed by atoms with E-state index >= 15 is 0 Å². The number of carbonyl (C=O) groups excluding carboxylic acids is 1. The van der Waals surface area contributed by atoms with E-state index in [1.54, 1.807) is 17.1 Å². The number of aliphatic hydroxyl groups excluding tert-OH is 3. The van der Waals surface area contributed by atoms with Gasteiger partial charge in [-0.15, -0.1) is 0 Å². The van der Waals surface area contributed by atoms with Crippen molar-refractivity contribution in [3.8, 4) is 11.4 Å². The second kappa shape index (κ2) is 20.0. The molecule has 0 bridgehead atoms. The number of fused-ring (bicyclic) bond motifs is 1. The van der Waals surface area contributed by atoms with Crippen LogP contribution in [-0.2, 0) is 31.0 Å². The molecule has 4 aromatic rings. The molecule has 0 aliphatic carbocycles. The molecule has 0 spiro atoms. The van der Waals surface area contributed by atoms with Gasteiger partial charge in [-0.1, -0.05) is 35.3 Å². The van der Waals surface area contributed by atoms with Crippen LogP contribution in [-0.4, -0.2) is 138 Å². The van der Waals surface area contributed by atoms with E-state index < -0.39 is 40.2 Å². The Balaban J connectivity index is 0.000000567. The Hall–Kier alpha value is -4.47. The van der Waals surface area contributed by atoms with Gasteiger partial charge in [-0.05, 0) is 82.3 Å². The number of sulfonamides is 1. The molecule has 58 heavy (non-hydrogen) atoms. The van der Waals surface area contributed by atoms with Gasteiger partial charge in [-0.2, -0.15) is 9.40 Å². The monoisotopic (exact) mass is 865 g/mol. The third-order valence-corrected chi connectivity index (χ3v) is 12.7. The molecule has 21 heteroatoms. The Labute approximate surface area is 344 Å². The van der Waals surface area contributed by atoms with Crippen molar-refractivity contribution in [2.45, 2.75) is 68.8 Å². The van der Waals surface area contributed by atoms with Gasteiger partial charge in [-0.3, -0.25) is 4.79 Å². The van der Waals surface area contributed by atoms with E-state index in [9.17, 15) is 22.8 Å². The summed E-state index contributed by atoms with van der Waals surface area (Å²) < 4.78 is 37.2. The highest BCUT2D eigenvalue weighted by Gasteiger charge is 2.41. The minimum Gasteiger partial charge on any atom is -0.487 e. The van der Waals surface area contributed by atoms with E-state index in [2.05, 4.69) is 20.3 Å². The van der Waals surface area contributed by atoms with E-state index in [1.807, 2.05) is 25.1 Å². The smallest absolute Gasteiger partial charge is 0.335 e. The molecule has 314 valence electrons. The number of carboxylic acids is 2. The van der Waals surface area contributed by atoms with Crippen molar-refractivity contribution in [1.29, 1.82) is 0 Å². The second-order valence-electron chi connectivity index (χ2n) is 13.8. The minimum absolute atomic E-state index is 0.0470. The van der Waals surface area contributed by atoms with Gasteiger partial charge in [0.05, 0.1) is 10.7 Å². The quantitative estimate of drug-likeness (QED) is 0.100. The zero-order chi connectivity index (χ0) is 42.1. The van der Waals surface area contributed by atoms with E-state index in [0.29, 0.717) is 42.1 Å². The van der Waals surface area contributed by atoms with Crippen LogP contribution in [0.5, 0.6) is 5.75 Å². The third-order valence-electron chi connectivity index (χ3n) is 9.90. The average molecular weight is 867 g/mol. The number of nitrogens with one attached hydrogen (secondary N) is 1. The van der Waals surface area contributed by atoms with Crippen LogP contribution in [0.15, 0.2) is 53.9 Å². The van der Waals surface area contributed by atoms with Crippen LogP contribution in [0.3, 0.4) is 0 Å². The number of hydrogen-bond acceptors (Lipinski definition) is 13. The van der Waals surface area contributed by atoms with Gasteiger partial charge >= 0.3 is 11.9 Å². The van der Waals surface area contributed by atoms with Gasteiger partial charge in [0.2, 0.25) is 15.9 Å². The van der Waals surface area contributed by atoms with Crippen LogP contribution in [0.2, 0.25) is 10.0 Å². The third kappa shape index (κ3) is 10.6. The molecule has 18 nitrogen and oxygen atoms in total. The highest BCUT2D eigenvalue weighted by atomic mass is 35.5. The van der Waals surface area contributed by atoms with Crippen LogP contribution in [0.1, 0.15) is 43.4 Å². The number of aryl methyl sites for hydroxylation is 1. The fraction of sp³-hybridized carbons (Fsp3) is 0.459. The number of likely N-dealkylation sites (tertiary alicyclic amines) is 1. The number of halogens is 2. The number of benzene rings is 2. The number of carbonyl (C=O) groups is 3. The summed E-state index contributed by atoms with van der Waals surface area (Å²) in [4.78, 5) is 43.8. The molecule has 2 aliphatic rings. The maximum absolute atomic E-state index is 14.0. The lowest BCUT2D eigenvalue weighted by Crippen LogP contribution is -2.47. The molecule has 2 aromatic carbocycles. The standard InChI is InChI=1S/C33H39Cl2N7O5S.C4H6O6/c1-22-17-28(41-21-36-20-38-41)24-5-2-7-29(32(24)39-22)47-19-25-26(34)8-9-30(31(25)35)48(45,46)42-13-3-6-27(42)33(44)37-18-23-10-14-40(15-11-23)12-4-16-43;5-1(3(7)8)2(6)4(9)10/h2,5,7-9,17,20-21,23,27,43H,3-4,6,10-16,18-19H2,1H3,(H,37,44);1-2,5-6H,(H,7,8)(H,9,10)/t27-;/m0./s1. The summed E-state index contributed by atoms with van der Waals surface area (Å²) >= 11 is 13.3. The van der Waals surface area contributed by atoms with Crippen molar-refractivity contribution in [2.24, 2.45) is 5.92 Å². The summed E-state index contributed by atoms with van der Waals surface area (Å²) in [5.41, 5.74) is 2.44. The van der Waals surface area contributed by atoms with Crippen molar-refractivity contribution in [2.75, 3.05) is 39.3 Å². The number of carboxylic acid groups (broad SMARTS) is 2. The van der Waals surface area contributed by atoms with Gasteiger partial charge in [0.15, 0.2) is 12.2 Å². The predicted molar refractivity (Wildman–Crippen MR) is 210 cm³/mol. The number of hydrogen-bond donors (Lipinski definition) is 6. The second-order valence-corrected chi connectivity index (χ2v) is 16.5. The highest BCUT2D eigenvalue weighted by molar-refractivity contribution is 7.89. The number of aromatic nitrogens is 4. The molecule has 3 atom stereocenters. The fourth-order valence-electron chi connectivity index (χ4n) is 6.78. The molecule has 6 N–H and O–H groups in total. The lowest BCUT2D eigenvalue weighted by molar-refractivity contribution is -0.165. The SMILES string of the molecule is Cc1cc(-n2cncn2)c2cccc(OCc3c(Cl)ccc(S(=O)(=O)N4CCC[C@H]4C(=O)NCC4CCN(CCCO)CC4)c3Cl)c2n1.O=C(O)C(O)C(O)C(=O)O. The van der Waals surface area contributed by atoms with Crippen molar-refractivity contribution < 1.29 is 53.1 Å². The molecule has 2 saturated heterocycles. The van der Waals surface area contributed by atoms with Gasteiger partial charge < -0.3 is 40.5 Å². The number of ether oxygens (including phenoxy) is 1. The van der Waals surface area contributed by atoms with Gasteiger partial charge in [0, 0.05) is 47.9 Å². The Morgan fingerprint density at radius 2 is 1.72 bits per heavy atom. The number of pyridine rings is 1. The number of aliphatic hydroxyl groups is 3. The largest absolute Gasteiger partial charge is 0.487 e. The van der Waals surface area contributed by atoms with E-state index in [0.717, 1.165) is 55.7 Å². The summed E-state index contributed by atoms with van der Waals surface area (Å²) in [7, 11) is -4.14. The van der Waals surface area contributed by atoms with Crippen molar-refractivity contribution >= 4 is 62.0 Å². The number of aliphatic carboxylic acids is 2. The first-order chi connectivity index (χ1) is 27.6. The predicted octanol–water partition coefficient (Wildman–Crippen LogP) is 2.25. The van der Waals surface area contributed by atoms with Crippen LogP contribution in [0, 0.1) is 12.8 Å². The van der Waals surface area contributed by atoms with Crippen molar-refractivity contribution in [1.82, 2.24) is 34.3 Å². The lowest BCUT2D eigenvalue weighted by Gasteiger charge is -2.32. The summed E-state index contributed by atoms with van der Waals surface area (Å²) in [6, 6.07) is 9.47. The molecule has 2 unspecified atom stereocenters. The molecular formula is C37H45Cl2N7O11S. The Bertz CT molecular complexity index is 2170. The van der Waals surface area contributed by atoms with Crippen LogP contribution < -0.4 is 10.1 Å². The van der Waals surface area contributed by atoms with Crippen molar-refractivity contribution in [3.63, 3.8) is 0 Å². The summed E-state index contributed by atoms with van der Waals surface area (Å²) in [5, 5.41) is 49.9. The molecular weight excluding hydrogens is 821 g/mol. The number of rotatable bonds is 15. The zero-order valence-electron chi connectivity index (χ0n) is 31.4. The van der Waals surface area contributed by atoms with E-state index in [1.165, 1.54) is 22.8 Å². The molecule has 6 rings (SSSR count). The van der Waals surface area contributed by atoms with Crippen molar-refractivity contribution in [3.05, 3.63) is 70.4 Å². The minimum atomic E-state index is -4.14. The number of nitrogens with zero attached hydrogens (tertiary/aromatic N) is 6. The summed E-state index contributed by atoms with van der Waals surface area (Å²) in [5.74, 6) is -3.04. The molecule has 0 radical (unpaired) electrons. The zero-order valence-corrected chi connectivity index (χ0v) is 33.8. The topological polar surface area (TPSA) is 258 Å². The summed E-state index contributed by atoms with van der Waals surface area (Å²) in [6.07, 6.45) is 2.16. The Morgan fingerprint density at radius 1 is 1.02 bits per heavy atom. The Morgan fingerprint density at radius 3 is 2.36 bits per heavy atom. The molecule has 1 amide bonds. The summed E-state index contributed by atoms with van der Waals surface area (Å²) in [6.45, 7) is 5.37. The van der Waals surface area contributed by atoms with Crippen LogP contribution in [0.4, 0.5) is 0 Å². The Kier molecular flexibility index (Phi) is 15.4. The number of piperidine rings is 1. The first kappa shape index (κ1) is 44.6. The molecule has 2 fully saturated rings. The van der Waals surface area contributed by atoms with Crippen LogP contribution in [0.25, 0.3) is 16.6 Å².